The smallest absolute Gasteiger partial charge is 0.326 e. The van der Waals surface area contributed by atoms with E-state index in [4.69, 9.17) is 10.8 Å². The largest absolute Gasteiger partial charge is 0.480 e. The van der Waals surface area contributed by atoms with Gasteiger partial charge >= 0.3 is 12.0 Å². The van der Waals surface area contributed by atoms with Gasteiger partial charge in [-0.2, -0.15) is 0 Å². The summed E-state index contributed by atoms with van der Waals surface area (Å²) in [6.45, 7) is 2.57. The van der Waals surface area contributed by atoms with Crippen molar-refractivity contribution in [2.45, 2.75) is 51.1 Å². The molecule has 0 aliphatic heterocycles. The van der Waals surface area contributed by atoms with Gasteiger partial charge in [0.25, 0.3) is 0 Å². The lowest BCUT2D eigenvalue weighted by Crippen LogP contribution is -2.49. The van der Waals surface area contributed by atoms with Crippen molar-refractivity contribution in [2.24, 2.45) is 5.73 Å². The molecule has 1 rings (SSSR count). The normalized spacial score (nSPS) is 15.6. The number of nitrogens with zero attached hydrogens (tertiary/aromatic N) is 1. The van der Waals surface area contributed by atoms with Crippen LogP contribution in [0.4, 0.5) is 4.79 Å². The minimum atomic E-state index is -1.15. The van der Waals surface area contributed by atoms with Gasteiger partial charge in [0, 0.05) is 19.0 Å². The first-order chi connectivity index (χ1) is 8.95. The van der Waals surface area contributed by atoms with Gasteiger partial charge in [-0.25, -0.2) is 9.59 Å². The molecule has 0 heterocycles. The van der Waals surface area contributed by atoms with E-state index in [0.29, 0.717) is 6.54 Å². The number of amides is 3. The number of hydrogen-bond donors (Lipinski definition) is 3. The fourth-order valence-electron chi connectivity index (χ4n) is 1.85. The average molecular weight is 271 g/mol. The van der Waals surface area contributed by atoms with E-state index < -0.39 is 17.9 Å². The van der Waals surface area contributed by atoms with Gasteiger partial charge in [0.05, 0.1) is 0 Å². The molecule has 0 aromatic carbocycles. The van der Waals surface area contributed by atoms with Crippen LogP contribution in [0.2, 0.25) is 0 Å². The quantitative estimate of drug-likeness (QED) is 0.588. The third-order valence-corrected chi connectivity index (χ3v) is 2.99. The van der Waals surface area contributed by atoms with Gasteiger partial charge in [0.2, 0.25) is 5.91 Å². The molecule has 1 saturated carbocycles. The maximum atomic E-state index is 12.0. The van der Waals surface area contributed by atoms with E-state index in [2.05, 4.69) is 5.32 Å². The average Bonchev–Trinajstić information content (AvgIpc) is 3.14. The molecule has 1 fully saturated rings. The minimum Gasteiger partial charge on any atom is -0.480 e. The maximum Gasteiger partial charge on any atom is 0.326 e. The SMILES string of the molecule is CCCN(C(=O)N[C@@H](CCC(N)=O)C(=O)O)C1CC1. The number of urea groups is 1. The van der Waals surface area contributed by atoms with E-state index >= 15 is 0 Å². The molecule has 1 aliphatic carbocycles. The van der Waals surface area contributed by atoms with Gasteiger partial charge < -0.3 is 21.1 Å². The highest BCUT2D eigenvalue weighted by Crippen LogP contribution is 2.27. The Kier molecular flexibility index (Phi) is 5.59. The molecule has 0 radical (unpaired) electrons. The van der Waals surface area contributed by atoms with Crippen molar-refractivity contribution in [1.29, 1.82) is 0 Å². The summed E-state index contributed by atoms with van der Waals surface area (Å²) in [6.07, 6.45) is 2.71. The molecule has 0 aromatic rings. The number of primary amides is 1. The maximum absolute atomic E-state index is 12.0. The molecule has 19 heavy (non-hydrogen) atoms. The van der Waals surface area contributed by atoms with Crippen molar-refractivity contribution in [2.75, 3.05) is 6.54 Å². The summed E-state index contributed by atoms with van der Waals surface area (Å²) in [6, 6.07) is -1.22. The van der Waals surface area contributed by atoms with E-state index in [-0.39, 0.29) is 24.9 Å². The van der Waals surface area contributed by atoms with Crippen molar-refractivity contribution in [3.05, 3.63) is 0 Å². The first-order valence-corrected chi connectivity index (χ1v) is 6.54. The van der Waals surface area contributed by atoms with E-state index in [0.717, 1.165) is 19.3 Å². The standard InChI is InChI=1S/C12H21N3O4/c1-2-7-15(8-3-4-8)12(19)14-9(11(17)18)5-6-10(13)16/h8-9H,2-7H2,1H3,(H2,13,16)(H,14,19)(H,17,18)/t9-/m0/s1. The number of rotatable bonds is 8. The number of nitrogens with one attached hydrogen (secondary N) is 1. The molecule has 7 nitrogen and oxygen atoms in total. The van der Waals surface area contributed by atoms with Crippen LogP contribution in [0, 0.1) is 0 Å². The predicted octanol–water partition coefficient (Wildman–Crippen LogP) is 0.289. The summed E-state index contributed by atoms with van der Waals surface area (Å²) < 4.78 is 0. The number of carboxylic acids is 1. The second kappa shape index (κ2) is 6.96. The summed E-state index contributed by atoms with van der Waals surface area (Å²) >= 11 is 0. The highest BCUT2D eigenvalue weighted by Gasteiger charge is 2.33. The second-order valence-corrected chi connectivity index (χ2v) is 4.77. The molecule has 0 unspecified atom stereocenters. The lowest BCUT2D eigenvalue weighted by atomic mass is 10.1. The molecule has 3 amide bonds. The Bertz CT molecular complexity index is 355. The Morgan fingerprint density at radius 2 is 2.05 bits per heavy atom. The van der Waals surface area contributed by atoms with Crippen LogP contribution in [-0.4, -0.2) is 46.5 Å². The Hall–Kier alpha value is -1.79. The fraction of sp³-hybridized carbons (Fsp3) is 0.750. The van der Waals surface area contributed by atoms with Gasteiger partial charge in [-0.1, -0.05) is 6.92 Å². The minimum absolute atomic E-state index is 0.0149. The number of carbonyl (C=O) groups is 3. The zero-order valence-corrected chi connectivity index (χ0v) is 11.1. The number of carbonyl (C=O) groups excluding carboxylic acids is 2. The van der Waals surface area contributed by atoms with Crippen molar-refractivity contribution < 1.29 is 19.5 Å². The summed E-state index contributed by atoms with van der Waals surface area (Å²) in [5.41, 5.74) is 4.98. The summed E-state index contributed by atoms with van der Waals surface area (Å²) in [5, 5.41) is 11.5. The van der Waals surface area contributed by atoms with Crippen LogP contribution >= 0.6 is 0 Å². The van der Waals surface area contributed by atoms with Gasteiger partial charge in [-0.15, -0.1) is 0 Å². The lowest BCUT2D eigenvalue weighted by Gasteiger charge is -2.24. The molecule has 0 saturated heterocycles. The predicted molar refractivity (Wildman–Crippen MR) is 68.4 cm³/mol. The first kappa shape index (κ1) is 15.3. The molecular formula is C12H21N3O4. The molecule has 0 spiro atoms. The molecule has 7 heteroatoms. The Labute approximate surface area is 112 Å². The highest BCUT2D eigenvalue weighted by molar-refractivity contribution is 5.83. The van der Waals surface area contributed by atoms with E-state index in [1.165, 1.54) is 0 Å². The molecule has 1 aliphatic rings. The van der Waals surface area contributed by atoms with Crippen LogP contribution in [0.15, 0.2) is 0 Å². The number of aliphatic carboxylic acids is 1. The third-order valence-electron chi connectivity index (χ3n) is 2.99. The van der Waals surface area contributed by atoms with Crippen molar-refractivity contribution in [3.8, 4) is 0 Å². The number of carboxylic acid groups (broad SMARTS) is 1. The monoisotopic (exact) mass is 271 g/mol. The zero-order valence-electron chi connectivity index (χ0n) is 11.1. The molecule has 4 N–H and O–H groups in total. The topological polar surface area (TPSA) is 113 Å². The van der Waals surface area contributed by atoms with Crippen molar-refractivity contribution >= 4 is 17.9 Å². The highest BCUT2D eigenvalue weighted by atomic mass is 16.4. The second-order valence-electron chi connectivity index (χ2n) is 4.77. The Balaban J connectivity index is 2.53. The molecule has 108 valence electrons. The Morgan fingerprint density at radius 1 is 1.42 bits per heavy atom. The van der Waals surface area contributed by atoms with Crippen LogP contribution < -0.4 is 11.1 Å². The van der Waals surface area contributed by atoms with Crippen molar-refractivity contribution in [3.63, 3.8) is 0 Å². The summed E-state index contributed by atoms with van der Waals surface area (Å²) in [7, 11) is 0. The Morgan fingerprint density at radius 3 is 2.47 bits per heavy atom. The number of nitrogens with two attached hydrogens (primary N) is 1. The third kappa shape index (κ3) is 5.15. The van der Waals surface area contributed by atoms with E-state index in [1.807, 2.05) is 6.92 Å². The van der Waals surface area contributed by atoms with E-state index in [1.54, 1.807) is 4.90 Å². The van der Waals surface area contributed by atoms with Crippen LogP contribution in [0.1, 0.15) is 39.0 Å². The zero-order chi connectivity index (χ0) is 14.4. The van der Waals surface area contributed by atoms with Crippen LogP contribution in [-0.2, 0) is 9.59 Å². The molecule has 1 atom stereocenters. The van der Waals surface area contributed by atoms with Crippen LogP contribution in [0.5, 0.6) is 0 Å². The summed E-state index contributed by atoms with van der Waals surface area (Å²) in [4.78, 5) is 35.4. The molecule has 0 aromatic heterocycles. The lowest BCUT2D eigenvalue weighted by molar-refractivity contribution is -0.139. The van der Waals surface area contributed by atoms with Gasteiger partial charge in [-0.3, -0.25) is 4.79 Å². The fourth-order valence-corrected chi connectivity index (χ4v) is 1.85. The van der Waals surface area contributed by atoms with Crippen molar-refractivity contribution in [1.82, 2.24) is 10.2 Å². The molecular weight excluding hydrogens is 250 g/mol. The first-order valence-electron chi connectivity index (χ1n) is 6.54. The number of hydrogen-bond acceptors (Lipinski definition) is 3. The van der Waals surface area contributed by atoms with Crippen LogP contribution in [0.3, 0.4) is 0 Å². The van der Waals surface area contributed by atoms with E-state index in [9.17, 15) is 14.4 Å². The van der Waals surface area contributed by atoms with Gasteiger partial charge in [-0.05, 0) is 25.7 Å². The van der Waals surface area contributed by atoms with Gasteiger partial charge in [0.15, 0.2) is 0 Å². The van der Waals surface area contributed by atoms with Gasteiger partial charge in [0.1, 0.15) is 6.04 Å². The molecule has 0 bridgehead atoms. The summed E-state index contributed by atoms with van der Waals surface area (Å²) in [5.74, 6) is -1.73. The van der Waals surface area contributed by atoms with Crippen LogP contribution in [0.25, 0.3) is 0 Å².